The van der Waals surface area contributed by atoms with E-state index in [2.05, 4.69) is 31.5 Å². The molecule has 1 aliphatic heterocycles. The highest BCUT2D eigenvalue weighted by Crippen LogP contribution is 2.32. The molecule has 0 saturated carbocycles. The van der Waals surface area contributed by atoms with Crippen LogP contribution in [0.1, 0.15) is 12.0 Å². The maximum absolute atomic E-state index is 11.9. The van der Waals surface area contributed by atoms with Crippen molar-refractivity contribution in [3.05, 3.63) is 22.2 Å². The Hall–Kier alpha value is -1.35. The van der Waals surface area contributed by atoms with Gasteiger partial charge in [0.25, 0.3) is 0 Å². The second-order valence-corrected chi connectivity index (χ2v) is 6.88. The normalized spacial score (nSPS) is 14.9. The number of benzene rings is 1. The molecule has 146 valence electrons. The molecular weight excluding hydrogens is 402 g/mol. The van der Waals surface area contributed by atoms with Crippen LogP contribution in [0.5, 0.6) is 11.5 Å². The van der Waals surface area contributed by atoms with Crippen molar-refractivity contribution in [3.63, 3.8) is 0 Å². The summed E-state index contributed by atoms with van der Waals surface area (Å²) >= 11 is 3.46. The summed E-state index contributed by atoms with van der Waals surface area (Å²) in [6.07, 6.45) is 1.29. The van der Waals surface area contributed by atoms with Gasteiger partial charge >= 0.3 is 0 Å². The third kappa shape index (κ3) is 6.75. The van der Waals surface area contributed by atoms with Crippen LogP contribution >= 0.6 is 15.9 Å². The molecule has 2 N–H and O–H groups in total. The number of methoxy groups -OCH3 is 2. The SMILES string of the molecule is COc1cc(CCNCNC(=O)CCN2CCOCC2)c(OC)cc1Br. The summed E-state index contributed by atoms with van der Waals surface area (Å²) in [6, 6.07) is 3.87. The maximum atomic E-state index is 11.9. The van der Waals surface area contributed by atoms with E-state index in [4.69, 9.17) is 14.2 Å². The molecule has 0 aromatic heterocycles. The van der Waals surface area contributed by atoms with Crippen molar-refractivity contribution in [2.45, 2.75) is 12.8 Å². The molecule has 0 radical (unpaired) electrons. The summed E-state index contributed by atoms with van der Waals surface area (Å²) in [5.74, 6) is 1.65. The monoisotopic (exact) mass is 429 g/mol. The van der Waals surface area contributed by atoms with Gasteiger partial charge in [-0.3, -0.25) is 15.0 Å². The van der Waals surface area contributed by atoms with E-state index in [0.29, 0.717) is 13.1 Å². The maximum Gasteiger partial charge on any atom is 0.222 e. The molecule has 0 bridgehead atoms. The van der Waals surface area contributed by atoms with Crippen molar-refractivity contribution in [1.29, 1.82) is 0 Å². The van der Waals surface area contributed by atoms with Crippen LogP contribution in [-0.4, -0.2) is 71.1 Å². The van der Waals surface area contributed by atoms with Crippen LogP contribution in [0.2, 0.25) is 0 Å². The van der Waals surface area contributed by atoms with E-state index in [1.807, 2.05) is 12.1 Å². The zero-order chi connectivity index (χ0) is 18.8. The van der Waals surface area contributed by atoms with E-state index in [-0.39, 0.29) is 5.91 Å². The van der Waals surface area contributed by atoms with Gasteiger partial charge in [-0.25, -0.2) is 0 Å². The first-order valence-corrected chi connectivity index (χ1v) is 9.61. The number of carbonyl (C=O) groups is 1. The Labute approximate surface area is 163 Å². The second kappa shape index (κ2) is 11.4. The minimum atomic E-state index is 0.0619. The minimum absolute atomic E-state index is 0.0619. The van der Waals surface area contributed by atoms with E-state index in [1.54, 1.807) is 14.2 Å². The van der Waals surface area contributed by atoms with Gasteiger partial charge in [-0.15, -0.1) is 0 Å². The Morgan fingerprint density at radius 2 is 1.96 bits per heavy atom. The van der Waals surface area contributed by atoms with Gasteiger partial charge in [-0.2, -0.15) is 0 Å². The molecule has 0 atom stereocenters. The summed E-state index contributed by atoms with van der Waals surface area (Å²) in [5, 5.41) is 6.13. The molecule has 1 saturated heterocycles. The average molecular weight is 430 g/mol. The highest BCUT2D eigenvalue weighted by molar-refractivity contribution is 9.10. The molecule has 0 aliphatic carbocycles. The molecule has 0 spiro atoms. The van der Waals surface area contributed by atoms with Crippen LogP contribution < -0.4 is 20.1 Å². The molecule has 1 amide bonds. The van der Waals surface area contributed by atoms with Crippen LogP contribution in [0.4, 0.5) is 0 Å². The third-order valence-electron chi connectivity index (χ3n) is 4.30. The number of carbonyl (C=O) groups excluding carboxylic acids is 1. The van der Waals surface area contributed by atoms with Gasteiger partial charge in [0.1, 0.15) is 11.5 Å². The van der Waals surface area contributed by atoms with E-state index >= 15 is 0 Å². The van der Waals surface area contributed by atoms with Crippen molar-refractivity contribution in [1.82, 2.24) is 15.5 Å². The van der Waals surface area contributed by atoms with Gasteiger partial charge in [-0.1, -0.05) is 0 Å². The van der Waals surface area contributed by atoms with E-state index in [0.717, 1.165) is 67.3 Å². The molecule has 1 heterocycles. The standard InChI is InChI=1S/C18H28BrN3O4/c1-24-16-12-15(19)17(25-2)11-14(16)3-5-20-13-21-18(23)4-6-22-7-9-26-10-8-22/h11-12,20H,3-10,13H2,1-2H3,(H,21,23). The largest absolute Gasteiger partial charge is 0.496 e. The highest BCUT2D eigenvalue weighted by atomic mass is 79.9. The van der Waals surface area contributed by atoms with Gasteiger partial charge in [0.15, 0.2) is 0 Å². The van der Waals surface area contributed by atoms with Crippen LogP contribution in [0.3, 0.4) is 0 Å². The molecule has 1 fully saturated rings. The zero-order valence-electron chi connectivity index (χ0n) is 15.5. The fourth-order valence-corrected chi connectivity index (χ4v) is 3.25. The number of hydrogen-bond donors (Lipinski definition) is 2. The number of ether oxygens (including phenoxy) is 3. The Bertz CT molecular complexity index is 580. The summed E-state index contributed by atoms with van der Waals surface area (Å²) in [5.41, 5.74) is 1.05. The fraction of sp³-hybridized carbons (Fsp3) is 0.611. The van der Waals surface area contributed by atoms with E-state index < -0.39 is 0 Å². The quantitative estimate of drug-likeness (QED) is 0.432. The first-order chi connectivity index (χ1) is 12.6. The molecule has 0 unspecified atom stereocenters. The first-order valence-electron chi connectivity index (χ1n) is 8.82. The van der Waals surface area contributed by atoms with Gasteiger partial charge in [0.05, 0.1) is 38.6 Å². The van der Waals surface area contributed by atoms with Gasteiger partial charge in [0, 0.05) is 32.6 Å². The summed E-state index contributed by atoms with van der Waals surface area (Å²) in [6.45, 7) is 5.29. The first kappa shape index (κ1) is 21.0. The summed E-state index contributed by atoms with van der Waals surface area (Å²) < 4.78 is 16.9. The smallest absolute Gasteiger partial charge is 0.222 e. The van der Waals surface area contributed by atoms with Crippen LogP contribution in [0.25, 0.3) is 0 Å². The number of nitrogens with one attached hydrogen (secondary N) is 2. The van der Waals surface area contributed by atoms with Gasteiger partial charge < -0.3 is 19.5 Å². The van der Waals surface area contributed by atoms with Crippen LogP contribution in [-0.2, 0) is 16.0 Å². The number of morpholine rings is 1. The molecular formula is C18H28BrN3O4. The number of nitrogens with zero attached hydrogens (tertiary/aromatic N) is 1. The van der Waals surface area contributed by atoms with Crippen LogP contribution in [0.15, 0.2) is 16.6 Å². The lowest BCUT2D eigenvalue weighted by Crippen LogP contribution is -2.40. The summed E-state index contributed by atoms with van der Waals surface area (Å²) in [7, 11) is 3.29. The van der Waals surface area contributed by atoms with Crippen LogP contribution in [0, 0.1) is 0 Å². The Balaban J connectivity index is 1.64. The van der Waals surface area contributed by atoms with Crippen molar-refractivity contribution in [2.75, 3.05) is 60.3 Å². The lowest BCUT2D eigenvalue weighted by Gasteiger charge is -2.26. The lowest BCUT2D eigenvalue weighted by atomic mass is 10.1. The minimum Gasteiger partial charge on any atom is -0.496 e. The van der Waals surface area contributed by atoms with Crippen molar-refractivity contribution >= 4 is 21.8 Å². The predicted octanol–water partition coefficient (Wildman–Crippen LogP) is 1.39. The molecule has 1 aromatic rings. The van der Waals surface area contributed by atoms with Crippen molar-refractivity contribution in [3.8, 4) is 11.5 Å². The molecule has 2 rings (SSSR count). The Morgan fingerprint density at radius 3 is 2.65 bits per heavy atom. The molecule has 26 heavy (non-hydrogen) atoms. The van der Waals surface area contributed by atoms with Gasteiger partial charge in [-0.05, 0) is 40.0 Å². The highest BCUT2D eigenvalue weighted by Gasteiger charge is 2.12. The molecule has 1 aliphatic rings. The fourth-order valence-electron chi connectivity index (χ4n) is 2.76. The Morgan fingerprint density at radius 1 is 1.23 bits per heavy atom. The topological polar surface area (TPSA) is 72.1 Å². The number of rotatable bonds is 10. The van der Waals surface area contributed by atoms with Crippen molar-refractivity contribution in [2.24, 2.45) is 0 Å². The number of hydrogen-bond acceptors (Lipinski definition) is 6. The third-order valence-corrected chi connectivity index (χ3v) is 4.92. The molecule has 1 aromatic carbocycles. The Kier molecular flexibility index (Phi) is 9.17. The van der Waals surface area contributed by atoms with E-state index in [1.165, 1.54) is 0 Å². The van der Waals surface area contributed by atoms with E-state index in [9.17, 15) is 4.79 Å². The zero-order valence-corrected chi connectivity index (χ0v) is 17.1. The average Bonchev–Trinajstić information content (AvgIpc) is 2.67. The van der Waals surface area contributed by atoms with Crippen molar-refractivity contribution < 1.29 is 19.0 Å². The molecule has 8 heteroatoms. The second-order valence-electron chi connectivity index (χ2n) is 6.03. The lowest BCUT2D eigenvalue weighted by molar-refractivity contribution is -0.121. The molecule has 7 nitrogen and oxygen atoms in total. The van der Waals surface area contributed by atoms with Gasteiger partial charge in [0.2, 0.25) is 5.91 Å². The summed E-state index contributed by atoms with van der Waals surface area (Å²) in [4.78, 5) is 14.1. The number of amides is 1. The predicted molar refractivity (Wildman–Crippen MR) is 104 cm³/mol. The number of halogens is 1.